The number of carboxylic acid groups (broad SMARTS) is 2. The van der Waals surface area contributed by atoms with Crippen molar-refractivity contribution in [3.05, 3.63) is 12.2 Å². The maximum absolute atomic E-state index is 10.6. The van der Waals surface area contributed by atoms with E-state index in [1.165, 1.54) is 0 Å². The Morgan fingerprint density at radius 2 is 1.92 bits per heavy atom. The molecule has 0 spiro atoms. The molecular formula is C9H14O4. The number of carbonyl (C=O) groups is 2. The van der Waals surface area contributed by atoms with Gasteiger partial charge in [-0.1, -0.05) is 5.57 Å². The molecule has 0 saturated heterocycles. The van der Waals surface area contributed by atoms with Crippen LogP contribution in [0, 0.1) is 5.92 Å². The van der Waals surface area contributed by atoms with Crippen LogP contribution in [0.25, 0.3) is 0 Å². The summed E-state index contributed by atoms with van der Waals surface area (Å²) in [6.45, 7) is 5.33. The first-order valence-electron chi connectivity index (χ1n) is 4.02. The van der Waals surface area contributed by atoms with Crippen molar-refractivity contribution in [2.75, 3.05) is 0 Å². The van der Waals surface area contributed by atoms with E-state index < -0.39 is 17.9 Å². The number of carboxylic acids is 2. The summed E-state index contributed by atoms with van der Waals surface area (Å²) in [6, 6.07) is 0. The molecule has 1 unspecified atom stereocenters. The Labute approximate surface area is 76.9 Å². The number of aliphatic carboxylic acids is 2. The molecule has 2 N–H and O–H groups in total. The van der Waals surface area contributed by atoms with Crippen LogP contribution in [-0.4, -0.2) is 22.2 Å². The van der Waals surface area contributed by atoms with Gasteiger partial charge >= 0.3 is 11.9 Å². The first-order valence-corrected chi connectivity index (χ1v) is 4.02. The van der Waals surface area contributed by atoms with E-state index in [-0.39, 0.29) is 12.8 Å². The van der Waals surface area contributed by atoms with Crippen molar-refractivity contribution < 1.29 is 19.8 Å². The van der Waals surface area contributed by atoms with Crippen molar-refractivity contribution in [1.29, 1.82) is 0 Å². The molecule has 0 aliphatic carbocycles. The first kappa shape index (κ1) is 11.7. The second-order valence-corrected chi connectivity index (χ2v) is 3.13. The predicted molar refractivity (Wildman–Crippen MR) is 47.4 cm³/mol. The zero-order chi connectivity index (χ0) is 10.4. The maximum atomic E-state index is 10.6. The van der Waals surface area contributed by atoms with Crippen LogP contribution in [-0.2, 0) is 9.59 Å². The molecule has 0 aliphatic rings. The fourth-order valence-electron chi connectivity index (χ4n) is 1.03. The van der Waals surface area contributed by atoms with E-state index in [1.54, 1.807) is 6.92 Å². The topological polar surface area (TPSA) is 74.6 Å². The summed E-state index contributed by atoms with van der Waals surface area (Å²) in [5.74, 6) is -2.54. The van der Waals surface area contributed by atoms with E-state index >= 15 is 0 Å². The van der Waals surface area contributed by atoms with Crippen LogP contribution < -0.4 is 0 Å². The van der Waals surface area contributed by atoms with E-state index in [2.05, 4.69) is 6.58 Å². The van der Waals surface area contributed by atoms with Gasteiger partial charge in [-0.25, -0.2) is 0 Å². The summed E-state index contributed by atoms with van der Waals surface area (Å²) in [5, 5.41) is 17.1. The van der Waals surface area contributed by atoms with Crippen LogP contribution in [0.15, 0.2) is 12.2 Å². The quantitative estimate of drug-likeness (QED) is 0.616. The Bertz CT molecular complexity index is 220. The highest BCUT2D eigenvalue weighted by Crippen LogP contribution is 2.15. The van der Waals surface area contributed by atoms with Crippen molar-refractivity contribution in [2.24, 2.45) is 5.92 Å². The highest BCUT2D eigenvalue weighted by Gasteiger charge is 2.18. The molecule has 0 aromatic carbocycles. The molecule has 0 aliphatic heterocycles. The second kappa shape index (κ2) is 5.35. The lowest BCUT2D eigenvalue weighted by Crippen LogP contribution is -2.15. The van der Waals surface area contributed by atoms with Crippen LogP contribution in [0.4, 0.5) is 0 Å². The van der Waals surface area contributed by atoms with E-state index in [0.717, 1.165) is 5.57 Å². The Morgan fingerprint density at radius 1 is 1.38 bits per heavy atom. The molecule has 0 radical (unpaired) electrons. The summed E-state index contributed by atoms with van der Waals surface area (Å²) < 4.78 is 0. The summed E-state index contributed by atoms with van der Waals surface area (Å²) in [7, 11) is 0. The van der Waals surface area contributed by atoms with Gasteiger partial charge < -0.3 is 10.2 Å². The molecule has 0 amide bonds. The van der Waals surface area contributed by atoms with Gasteiger partial charge in [-0.05, 0) is 19.8 Å². The zero-order valence-electron chi connectivity index (χ0n) is 7.62. The van der Waals surface area contributed by atoms with Crippen LogP contribution in [0.1, 0.15) is 26.2 Å². The van der Waals surface area contributed by atoms with Crippen molar-refractivity contribution in [2.45, 2.75) is 26.2 Å². The normalized spacial score (nSPS) is 12.1. The smallest absolute Gasteiger partial charge is 0.306 e. The van der Waals surface area contributed by atoms with E-state index in [1.807, 2.05) is 0 Å². The van der Waals surface area contributed by atoms with Gasteiger partial charge in [0.15, 0.2) is 0 Å². The van der Waals surface area contributed by atoms with Crippen LogP contribution >= 0.6 is 0 Å². The van der Waals surface area contributed by atoms with Gasteiger partial charge in [-0.3, -0.25) is 9.59 Å². The molecule has 0 heterocycles. The van der Waals surface area contributed by atoms with Gasteiger partial charge in [-0.15, -0.1) is 6.58 Å². The monoisotopic (exact) mass is 186 g/mol. The standard InChI is InChI=1S/C9H14O4/c1-6(2)5-7(9(12)13)3-4-8(10)11/h7H,1,3-5H2,2H3,(H,10,11)(H,12,13). The molecule has 74 valence electrons. The Balaban J connectivity index is 4.02. The lowest BCUT2D eigenvalue weighted by Gasteiger charge is -2.09. The number of hydrogen-bond donors (Lipinski definition) is 2. The van der Waals surface area contributed by atoms with Crippen molar-refractivity contribution in [3.63, 3.8) is 0 Å². The number of hydrogen-bond acceptors (Lipinski definition) is 2. The first-order chi connectivity index (χ1) is 5.93. The lowest BCUT2D eigenvalue weighted by atomic mass is 9.96. The largest absolute Gasteiger partial charge is 0.481 e. The zero-order valence-corrected chi connectivity index (χ0v) is 7.62. The Hall–Kier alpha value is -1.32. The van der Waals surface area contributed by atoms with Gasteiger partial charge in [0, 0.05) is 6.42 Å². The van der Waals surface area contributed by atoms with Gasteiger partial charge in [-0.2, -0.15) is 0 Å². The summed E-state index contributed by atoms with van der Waals surface area (Å²) in [6.07, 6.45) is 0.407. The highest BCUT2D eigenvalue weighted by molar-refractivity contribution is 5.72. The van der Waals surface area contributed by atoms with Gasteiger partial charge in [0.25, 0.3) is 0 Å². The van der Waals surface area contributed by atoms with Crippen molar-refractivity contribution in [1.82, 2.24) is 0 Å². The average molecular weight is 186 g/mol. The predicted octanol–water partition coefficient (Wildman–Crippen LogP) is 1.52. The minimum atomic E-state index is -0.965. The van der Waals surface area contributed by atoms with Crippen molar-refractivity contribution in [3.8, 4) is 0 Å². The van der Waals surface area contributed by atoms with E-state index in [4.69, 9.17) is 10.2 Å². The molecule has 0 fully saturated rings. The number of allylic oxidation sites excluding steroid dienone is 1. The SMILES string of the molecule is C=C(C)CC(CCC(=O)O)C(=O)O. The average Bonchev–Trinajstić information content (AvgIpc) is 1.96. The molecule has 1 atom stereocenters. The second-order valence-electron chi connectivity index (χ2n) is 3.13. The van der Waals surface area contributed by atoms with Crippen LogP contribution in [0.5, 0.6) is 0 Å². The van der Waals surface area contributed by atoms with Gasteiger partial charge in [0.2, 0.25) is 0 Å². The minimum absolute atomic E-state index is 0.107. The third-order valence-electron chi connectivity index (χ3n) is 1.65. The van der Waals surface area contributed by atoms with E-state index in [0.29, 0.717) is 6.42 Å². The Kier molecular flexibility index (Phi) is 4.80. The molecule has 4 heteroatoms. The lowest BCUT2D eigenvalue weighted by molar-refractivity contribution is -0.142. The summed E-state index contributed by atoms with van der Waals surface area (Å²) in [4.78, 5) is 20.8. The molecule has 0 bridgehead atoms. The van der Waals surface area contributed by atoms with E-state index in [9.17, 15) is 9.59 Å². The van der Waals surface area contributed by atoms with Gasteiger partial charge in [0.1, 0.15) is 0 Å². The maximum Gasteiger partial charge on any atom is 0.306 e. The fraction of sp³-hybridized carbons (Fsp3) is 0.556. The highest BCUT2D eigenvalue weighted by atomic mass is 16.4. The molecular weight excluding hydrogens is 172 g/mol. The molecule has 0 saturated carbocycles. The van der Waals surface area contributed by atoms with Crippen LogP contribution in [0.3, 0.4) is 0 Å². The van der Waals surface area contributed by atoms with Gasteiger partial charge in [0.05, 0.1) is 5.92 Å². The third kappa shape index (κ3) is 5.90. The molecule has 0 aromatic heterocycles. The molecule has 4 nitrogen and oxygen atoms in total. The number of rotatable bonds is 6. The summed E-state index contributed by atoms with van der Waals surface area (Å²) in [5.41, 5.74) is 0.762. The molecule has 0 rings (SSSR count). The fourth-order valence-corrected chi connectivity index (χ4v) is 1.03. The molecule has 0 aromatic rings. The summed E-state index contributed by atoms with van der Waals surface area (Å²) >= 11 is 0. The van der Waals surface area contributed by atoms with Crippen molar-refractivity contribution >= 4 is 11.9 Å². The molecule has 13 heavy (non-hydrogen) atoms. The van der Waals surface area contributed by atoms with Crippen LogP contribution in [0.2, 0.25) is 0 Å². The Morgan fingerprint density at radius 3 is 2.23 bits per heavy atom. The third-order valence-corrected chi connectivity index (χ3v) is 1.65. The minimum Gasteiger partial charge on any atom is -0.481 e.